The Balaban J connectivity index is 1.28. The van der Waals surface area contributed by atoms with Gasteiger partial charge in [0.25, 0.3) is 0 Å². The molecule has 2 heterocycles. The molecular formula is C21H29N3O. The third kappa shape index (κ3) is 3.65. The summed E-state index contributed by atoms with van der Waals surface area (Å²) in [6.07, 6.45) is 3.72. The number of hydrogen-bond acceptors (Lipinski definition) is 4. The van der Waals surface area contributed by atoms with Crippen molar-refractivity contribution in [1.82, 2.24) is 15.4 Å². The maximum Gasteiger partial charge on any atom is 0.137 e. The van der Waals surface area contributed by atoms with Gasteiger partial charge in [-0.3, -0.25) is 4.90 Å². The van der Waals surface area contributed by atoms with Crippen molar-refractivity contribution in [3.63, 3.8) is 0 Å². The summed E-state index contributed by atoms with van der Waals surface area (Å²) in [5.41, 5.74) is 3.75. The maximum atomic E-state index is 5.27. The first kappa shape index (κ1) is 16.8. The molecule has 1 aromatic carbocycles. The van der Waals surface area contributed by atoms with E-state index >= 15 is 0 Å². The summed E-state index contributed by atoms with van der Waals surface area (Å²) >= 11 is 0. The minimum absolute atomic E-state index is 0.672. The molecule has 134 valence electrons. The molecule has 25 heavy (non-hydrogen) atoms. The highest BCUT2D eigenvalue weighted by Crippen LogP contribution is 2.38. The zero-order chi connectivity index (χ0) is 17.2. The summed E-state index contributed by atoms with van der Waals surface area (Å²) in [6.45, 7) is 8.68. The van der Waals surface area contributed by atoms with Crippen molar-refractivity contribution in [2.45, 2.75) is 45.7 Å². The zero-order valence-electron chi connectivity index (χ0n) is 15.4. The topological polar surface area (TPSA) is 41.3 Å². The molecule has 4 heteroatoms. The average molecular weight is 339 g/mol. The highest BCUT2D eigenvalue weighted by Gasteiger charge is 2.42. The van der Waals surface area contributed by atoms with Gasteiger partial charge in [-0.25, -0.2) is 0 Å². The molecule has 0 unspecified atom stereocenters. The molecule has 0 radical (unpaired) electrons. The lowest BCUT2D eigenvalue weighted by atomic mass is 9.97. The number of benzene rings is 1. The Bertz CT molecular complexity index is 677. The van der Waals surface area contributed by atoms with Crippen LogP contribution in [0.4, 0.5) is 0 Å². The lowest BCUT2D eigenvalue weighted by Gasteiger charge is -2.22. The predicted molar refractivity (Wildman–Crippen MR) is 99.4 cm³/mol. The van der Waals surface area contributed by atoms with Gasteiger partial charge in [0.2, 0.25) is 0 Å². The molecule has 1 saturated carbocycles. The molecule has 2 aromatic rings. The quantitative estimate of drug-likeness (QED) is 0.876. The smallest absolute Gasteiger partial charge is 0.137 e. The summed E-state index contributed by atoms with van der Waals surface area (Å²) in [5.74, 6) is 2.66. The van der Waals surface area contributed by atoms with Crippen LogP contribution in [0.2, 0.25) is 0 Å². The van der Waals surface area contributed by atoms with Crippen LogP contribution in [0.1, 0.15) is 35.4 Å². The van der Waals surface area contributed by atoms with Crippen LogP contribution in [-0.4, -0.2) is 35.7 Å². The lowest BCUT2D eigenvalue weighted by molar-refractivity contribution is 0.289. The number of aryl methyl sites for hydroxylation is 2. The second kappa shape index (κ2) is 7.30. The molecule has 2 fully saturated rings. The fraction of sp³-hybridized carbons (Fsp3) is 0.571. The van der Waals surface area contributed by atoms with Crippen LogP contribution in [0.15, 0.2) is 34.9 Å². The Morgan fingerprint density at radius 3 is 2.76 bits per heavy atom. The van der Waals surface area contributed by atoms with Crippen molar-refractivity contribution in [1.29, 1.82) is 0 Å². The molecule has 1 aliphatic heterocycles. The summed E-state index contributed by atoms with van der Waals surface area (Å²) in [7, 11) is 0. The van der Waals surface area contributed by atoms with Gasteiger partial charge in [0.05, 0.1) is 5.69 Å². The minimum Gasteiger partial charge on any atom is -0.361 e. The van der Waals surface area contributed by atoms with Gasteiger partial charge >= 0.3 is 0 Å². The number of likely N-dealkylation sites (tertiary alicyclic amines) is 1. The van der Waals surface area contributed by atoms with E-state index in [1.165, 1.54) is 37.1 Å². The van der Waals surface area contributed by atoms with E-state index in [2.05, 4.69) is 45.7 Å². The Labute approximate surface area is 150 Å². The van der Waals surface area contributed by atoms with Crippen molar-refractivity contribution < 1.29 is 4.52 Å². The van der Waals surface area contributed by atoms with E-state index in [-0.39, 0.29) is 0 Å². The average Bonchev–Trinajstić information content (AvgIpc) is 3.26. The van der Waals surface area contributed by atoms with Crippen LogP contribution in [0, 0.1) is 25.7 Å². The first-order chi connectivity index (χ1) is 12.2. The molecule has 0 amide bonds. The first-order valence-electron chi connectivity index (χ1n) is 9.62. The third-order valence-corrected chi connectivity index (χ3v) is 6.14. The number of rotatable bonds is 6. The molecule has 4 nitrogen and oxygen atoms in total. The molecule has 0 bridgehead atoms. The SMILES string of the molecule is Cc1noc(C)c1CCN[C@@H]1CC[C@@H]2CN(Cc3ccccc3)C[C@@H]21. The van der Waals surface area contributed by atoms with E-state index in [1.807, 2.05) is 13.8 Å². The fourth-order valence-corrected chi connectivity index (χ4v) is 4.82. The maximum absolute atomic E-state index is 5.27. The second-order valence-electron chi connectivity index (χ2n) is 7.79. The normalized spacial score (nSPS) is 26.2. The molecule has 4 rings (SSSR count). The van der Waals surface area contributed by atoms with Gasteiger partial charge in [-0.2, -0.15) is 0 Å². The van der Waals surface area contributed by atoms with Gasteiger partial charge in [0, 0.05) is 31.2 Å². The van der Waals surface area contributed by atoms with Crippen LogP contribution in [0.3, 0.4) is 0 Å². The number of aromatic nitrogens is 1. The molecule has 1 aliphatic carbocycles. The van der Waals surface area contributed by atoms with E-state index in [1.54, 1.807) is 0 Å². The predicted octanol–water partition coefficient (Wildman–Crippen LogP) is 3.33. The van der Waals surface area contributed by atoms with Crippen LogP contribution in [0.5, 0.6) is 0 Å². The first-order valence-corrected chi connectivity index (χ1v) is 9.62. The number of fused-ring (bicyclic) bond motifs is 1. The largest absolute Gasteiger partial charge is 0.361 e. The van der Waals surface area contributed by atoms with Crippen LogP contribution >= 0.6 is 0 Å². The van der Waals surface area contributed by atoms with Crippen molar-refractivity contribution in [3.05, 3.63) is 52.9 Å². The van der Waals surface area contributed by atoms with Crippen molar-refractivity contribution in [2.75, 3.05) is 19.6 Å². The Hall–Kier alpha value is -1.65. The lowest BCUT2D eigenvalue weighted by Crippen LogP contribution is -2.37. The van der Waals surface area contributed by atoms with E-state index < -0.39 is 0 Å². The molecule has 1 saturated heterocycles. The van der Waals surface area contributed by atoms with Crippen molar-refractivity contribution in [2.24, 2.45) is 11.8 Å². The van der Waals surface area contributed by atoms with E-state index in [4.69, 9.17) is 4.52 Å². The summed E-state index contributed by atoms with van der Waals surface area (Å²) in [5, 5.41) is 7.89. The highest BCUT2D eigenvalue weighted by molar-refractivity contribution is 5.21. The zero-order valence-corrected chi connectivity index (χ0v) is 15.4. The van der Waals surface area contributed by atoms with E-state index in [0.717, 1.165) is 42.8 Å². The summed E-state index contributed by atoms with van der Waals surface area (Å²) < 4.78 is 5.27. The molecule has 1 aromatic heterocycles. The summed E-state index contributed by atoms with van der Waals surface area (Å²) in [6, 6.07) is 11.5. The Morgan fingerprint density at radius 2 is 2.00 bits per heavy atom. The van der Waals surface area contributed by atoms with E-state index in [0.29, 0.717) is 6.04 Å². The van der Waals surface area contributed by atoms with Crippen LogP contribution < -0.4 is 5.32 Å². The number of hydrogen-bond donors (Lipinski definition) is 1. The van der Waals surface area contributed by atoms with E-state index in [9.17, 15) is 0 Å². The van der Waals surface area contributed by atoms with Gasteiger partial charge in [-0.1, -0.05) is 35.5 Å². The van der Waals surface area contributed by atoms with Crippen LogP contribution in [-0.2, 0) is 13.0 Å². The molecule has 2 aliphatic rings. The van der Waals surface area contributed by atoms with Crippen molar-refractivity contribution in [3.8, 4) is 0 Å². The molecule has 3 atom stereocenters. The van der Waals surface area contributed by atoms with Gasteiger partial charge in [-0.05, 0) is 57.1 Å². The molecule has 0 spiro atoms. The summed E-state index contributed by atoms with van der Waals surface area (Å²) in [4.78, 5) is 2.65. The van der Waals surface area contributed by atoms with Gasteiger partial charge in [-0.15, -0.1) is 0 Å². The second-order valence-corrected chi connectivity index (χ2v) is 7.79. The molecule has 1 N–H and O–H groups in total. The third-order valence-electron chi connectivity index (χ3n) is 6.14. The highest BCUT2D eigenvalue weighted by atomic mass is 16.5. The van der Waals surface area contributed by atoms with Gasteiger partial charge in [0.15, 0.2) is 0 Å². The number of nitrogens with zero attached hydrogens (tertiary/aromatic N) is 2. The molecular weight excluding hydrogens is 310 g/mol. The van der Waals surface area contributed by atoms with Gasteiger partial charge < -0.3 is 9.84 Å². The van der Waals surface area contributed by atoms with Crippen LogP contribution in [0.25, 0.3) is 0 Å². The Kier molecular flexibility index (Phi) is 4.91. The van der Waals surface area contributed by atoms with Gasteiger partial charge in [0.1, 0.15) is 5.76 Å². The Morgan fingerprint density at radius 1 is 1.16 bits per heavy atom. The number of nitrogens with one attached hydrogen (secondary N) is 1. The van der Waals surface area contributed by atoms with Crippen molar-refractivity contribution >= 4 is 0 Å². The monoisotopic (exact) mass is 339 g/mol. The fourth-order valence-electron chi connectivity index (χ4n) is 4.82. The minimum atomic E-state index is 0.672. The standard InChI is InChI=1S/C21H29N3O/c1-15-19(16(2)25-23-15)10-11-22-21-9-8-18-13-24(14-20(18)21)12-17-6-4-3-5-7-17/h3-7,18,20-22H,8-14H2,1-2H3/t18-,20+,21-/m1/s1.